The quantitative estimate of drug-likeness (QED) is 0.713. The van der Waals surface area contributed by atoms with Crippen LogP contribution in [-0.2, 0) is 7.05 Å². The molecule has 30 heavy (non-hydrogen) atoms. The number of carbonyl (C=O) groups is 1. The number of nitrogens with zero attached hydrogens (tertiary/aromatic N) is 4. The Hall–Kier alpha value is -2.99. The number of aryl methyl sites for hydroxylation is 1. The lowest BCUT2D eigenvalue weighted by molar-refractivity contribution is 0.0938. The lowest BCUT2D eigenvalue weighted by atomic mass is 9.92. The summed E-state index contributed by atoms with van der Waals surface area (Å²) in [6.45, 7) is 3.16. The van der Waals surface area contributed by atoms with Gasteiger partial charge in [-0.3, -0.25) is 9.69 Å². The Morgan fingerprint density at radius 3 is 2.80 bits per heavy atom. The summed E-state index contributed by atoms with van der Waals surface area (Å²) in [6, 6.07) is 12.5. The molecule has 1 atom stereocenters. The van der Waals surface area contributed by atoms with Crippen molar-refractivity contribution in [2.24, 2.45) is 12.5 Å². The molecule has 1 aliphatic heterocycles. The van der Waals surface area contributed by atoms with Gasteiger partial charge in [0.2, 0.25) is 0 Å². The SMILES string of the molecule is Cn1cnc2c(C(=O)NC3CC34CCN(C/C=C/c3ccccc3)CC4)ccnc21. The fraction of sp³-hybridized carbons (Fsp3) is 0.375. The van der Waals surface area contributed by atoms with E-state index >= 15 is 0 Å². The molecule has 0 radical (unpaired) electrons. The number of fused-ring (bicyclic) bond motifs is 1. The minimum absolute atomic E-state index is 0.0313. The monoisotopic (exact) mass is 401 g/mol. The van der Waals surface area contributed by atoms with Gasteiger partial charge in [-0.05, 0) is 49.4 Å². The number of likely N-dealkylation sites (tertiary alicyclic amines) is 1. The molecule has 2 aliphatic rings. The van der Waals surface area contributed by atoms with Crippen LogP contribution < -0.4 is 5.32 Å². The van der Waals surface area contributed by atoms with Gasteiger partial charge < -0.3 is 9.88 Å². The van der Waals surface area contributed by atoms with Gasteiger partial charge in [-0.25, -0.2) is 9.97 Å². The first-order valence-corrected chi connectivity index (χ1v) is 10.7. The fourth-order valence-corrected chi connectivity index (χ4v) is 4.63. The van der Waals surface area contributed by atoms with E-state index in [-0.39, 0.29) is 17.4 Å². The summed E-state index contributed by atoms with van der Waals surface area (Å²) in [6.07, 6.45) is 11.2. The van der Waals surface area contributed by atoms with E-state index in [2.05, 4.69) is 56.6 Å². The second-order valence-electron chi connectivity index (χ2n) is 8.59. The van der Waals surface area contributed by atoms with Crippen LogP contribution in [0.25, 0.3) is 17.2 Å². The van der Waals surface area contributed by atoms with Crippen molar-refractivity contribution in [2.75, 3.05) is 19.6 Å². The molecular formula is C24H27N5O. The van der Waals surface area contributed by atoms with Gasteiger partial charge in [0.25, 0.3) is 5.91 Å². The van der Waals surface area contributed by atoms with Crippen LogP contribution in [0.1, 0.15) is 35.2 Å². The molecule has 1 aromatic carbocycles. The van der Waals surface area contributed by atoms with Crippen LogP contribution in [0.5, 0.6) is 0 Å². The highest BCUT2D eigenvalue weighted by Crippen LogP contribution is 2.54. The van der Waals surface area contributed by atoms with E-state index in [1.165, 1.54) is 5.56 Å². The van der Waals surface area contributed by atoms with Crippen LogP contribution in [-0.4, -0.2) is 51.0 Å². The van der Waals surface area contributed by atoms with E-state index in [4.69, 9.17) is 0 Å². The third-order valence-corrected chi connectivity index (χ3v) is 6.66. The van der Waals surface area contributed by atoms with Crippen molar-refractivity contribution in [3.63, 3.8) is 0 Å². The molecule has 6 heteroatoms. The van der Waals surface area contributed by atoms with Crippen LogP contribution in [0.4, 0.5) is 0 Å². The summed E-state index contributed by atoms with van der Waals surface area (Å²) in [4.78, 5) is 24.1. The van der Waals surface area contributed by atoms with E-state index in [1.54, 1.807) is 18.6 Å². The molecule has 3 heterocycles. The zero-order chi connectivity index (χ0) is 20.6. The Bertz CT molecular complexity index is 1080. The zero-order valence-corrected chi connectivity index (χ0v) is 17.3. The minimum Gasteiger partial charge on any atom is -0.349 e. The van der Waals surface area contributed by atoms with E-state index in [0.29, 0.717) is 11.1 Å². The number of amides is 1. The third-order valence-electron chi connectivity index (χ3n) is 6.66. The molecule has 6 nitrogen and oxygen atoms in total. The Labute approximate surface area is 176 Å². The molecule has 3 aromatic rings. The summed E-state index contributed by atoms with van der Waals surface area (Å²) in [7, 11) is 1.89. The van der Waals surface area contributed by atoms with Crippen molar-refractivity contribution in [3.05, 3.63) is 66.1 Å². The van der Waals surface area contributed by atoms with E-state index in [1.807, 2.05) is 17.7 Å². The van der Waals surface area contributed by atoms with Gasteiger partial charge in [-0.1, -0.05) is 42.5 Å². The Kier molecular flexibility index (Phi) is 4.87. The molecule has 2 fully saturated rings. The largest absolute Gasteiger partial charge is 0.349 e. The highest BCUT2D eigenvalue weighted by molar-refractivity contribution is 6.04. The van der Waals surface area contributed by atoms with Crippen molar-refractivity contribution < 1.29 is 4.79 Å². The molecule has 1 amide bonds. The smallest absolute Gasteiger partial charge is 0.253 e. The molecule has 1 saturated carbocycles. The molecule has 154 valence electrons. The fourth-order valence-electron chi connectivity index (χ4n) is 4.63. The molecule has 1 N–H and O–H groups in total. The van der Waals surface area contributed by atoms with Crippen LogP contribution >= 0.6 is 0 Å². The summed E-state index contributed by atoms with van der Waals surface area (Å²) >= 11 is 0. The average Bonchev–Trinajstić information content (AvgIpc) is 3.28. The number of hydrogen-bond acceptors (Lipinski definition) is 4. The average molecular weight is 402 g/mol. The second-order valence-corrected chi connectivity index (χ2v) is 8.59. The Morgan fingerprint density at radius 1 is 1.20 bits per heavy atom. The van der Waals surface area contributed by atoms with Crippen molar-refractivity contribution in [2.45, 2.75) is 25.3 Å². The molecule has 1 aliphatic carbocycles. The number of nitrogens with one attached hydrogen (secondary N) is 1. The number of pyridine rings is 1. The standard InChI is InChI=1S/C24H27N5O/c1-28-17-26-21-19(9-12-25-22(21)28)23(30)27-20-16-24(20)10-14-29(15-11-24)13-5-8-18-6-3-2-4-7-18/h2-9,12,17,20H,10-11,13-16H2,1H3,(H,27,30)/b8-5+. The van der Waals surface area contributed by atoms with Crippen LogP contribution in [0.2, 0.25) is 0 Å². The van der Waals surface area contributed by atoms with Gasteiger partial charge in [0.05, 0.1) is 11.9 Å². The Morgan fingerprint density at radius 2 is 2.00 bits per heavy atom. The maximum atomic E-state index is 12.9. The normalized spacial score (nSPS) is 20.8. The van der Waals surface area contributed by atoms with Crippen LogP contribution in [0.15, 0.2) is 55.0 Å². The second kappa shape index (κ2) is 7.69. The number of hydrogen-bond donors (Lipinski definition) is 1. The van der Waals surface area contributed by atoms with Crippen molar-refractivity contribution in [3.8, 4) is 0 Å². The van der Waals surface area contributed by atoms with Gasteiger partial charge >= 0.3 is 0 Å². The molecule has 5 rings (SSSR count). The van der Waals surface area contributed by atoms with Crippen LogP contribution in [0, 0.1) is 5.41 Å². The zero-order valence-electron chi connectivity index (χ0n) is 17.3. The summed E-state index contributed by atoms with van der Waals surface area (Å²) in [5.41, 5.74) is 3.56. The molecule has 2 aromatic heterocycles. The number of aromatic nitrogens is 3. The first-order chi connectivity index (χ1) is 14.6. The van der Waals surface area contributed by atoms with Crippen molar-refractivity contribution in [1.29, 1.82) is 0 Å². The van der Waals surface area contributed by atoms with Gasteiger partial charge in [-0.2, -0.15) is 0 Å². The summed E-state index contributed by atoms with van der Waals surface area (Å²) < 4.78 is 1.84. The first kappa shape index (κ1) is 19.0. The van der Waals surface area contributed by atoms with Crippen LogP contribution in [0.3, 0.4) is 0 Å². The maximum absolute atomic E-state index is 12.9. The number of benzene rings is 1. The highest BCUT2D eigenvalue weighted by atomic mass is 16.1. The van der Waals surface area contributed by atoms with Gasteiger partial charge in [0.1, 0.15) is 5.52 Å². The number of imidazole rings is 1. The summed E-state index contributed by atoms with van der Waals surface area (Å²) in [5, 5.41) is 3.26. The molecule has 0 bridgehead atoms. The lowest BCUT2D eigenvalue weighted by Gasteiger charge is -2.32. The third kappa shape index (κ3) is 3.63. The molecule has 1 saturated heterocycles. The van der Waals surface area contributed by atoms with Gasteiger partial charge in [0, 0.05) is 25.8 Å². The van der Waals surface area contributed by atoms with E-state index in [9.17, 15) is 4.79 Å². The van der Waals surface area contributed by atoms with E-state index in [0.717, 1.165) is 44.5 Å². The Balaban J connectivity index is 1.15. The number of rotatable bonds is 5. The first-order valence-electron chi connectivity index (χ1n) is 10.7. The van der Waals surface area contributed by atoms with Gasteiger partial charge in [-0.15, -0.1) is 0 Å². The predicted molar refractivity (Wildman–Crippen MR) is 118 cm³/mol. The summed E-state index contributed by atoms with van der Waals surface area (Å²) in [5.74, 6) is -0.0313. The maximum Gasteiger partial charge on any atom is 0.253 e. The predicted octanol–water partition coefficient (Wildman–Crippen LogP) is 3.27. The minimum atomic E-state index is -0.0313. The van der Waals surface area contributed by atoms with Crippen molar-refractivity contribution >= 4 is 23.1 Å². The molecule has 1 unspecified atom stereocenters. The molecular weight excluding hydrogens is 374 g/mol. The number of piperidine rings is 1. The molecule has 1 spiro atoms. The van der Waals surface area contributed by atoms with Crippen molar-refractivity contribution in [1.82, 2.24) is 24.8 Å². The lowest BCUT2D eigenvalue weighted by Crippen LogP contribution is -2.38. The highest BCUT2D eigenvalue weighted by Gasteiger charge is 2.55. The van der Waals surface area contributed by atoms with Gasteiger partial charge in [0.15, 0.2) is 5.65 Å². The van der Waals surface area contributed by atoms with E-state index < -0.39 is 0 Å². The number of carbonyl (C=O) groups excluding carboxylic acids is 1. The topological polar surface area (TPSA) is 63.1 Å².